The molecule has 0 aliphatic heterocycles. The standard InChI is InChI=1S/C18H18N6OS/c1-13(25)2-6-24-11-16(9-20-24)21-18-19-8-15-3-5-23(17(15)22-18)10-14-4-7-26-12-14/h3-5,7-9,11-12H,2,6,10H2,1H3,(H,19,21,22). The monoisotopic (exact) mass is 366 g/mol. The first-order valence-electron chi connectivity index (χ1n) is 8.29. The summed E-state index contributed by atoms with van der Waals surface area (Å²) < 4.78 is 3.85. The lowest BCUT2D eigenvalue weighted by molar-refractivity contribution is -0.117. The van der Waals surface area contributed by atoms with Crippen LogP contribution in [0.3, 0.4) is 0 Å². The van der Waals surface area contributed by atoms with E-state index in [4.69, 9.17) is 0 Å². The Morgan fingerprint density at radius 3 is 3.04 bits per heavy atom. The predicted molar refractivity (Wildman–Crippen MR) is 102 cm³/mol. The van der Waals surface area contributed by atoms with Crippen LogP contribution >= 0.6 is 11.3 Å². The summed E-state index contributed by atoms with van der Waals surface area (Å²) >= 11 is 1.69. The van der Waals surface area contributed by atoms with E-state index in [1.165, 1.54) is 5.56 Å². The molecule has 0 aromatic carbocycles. The van der Waals surface area contributed by atoms with Crippen LogP contribution in [0, 0.1) is 0 Å². The van der Waals surface area contributed by atoms with Crippen LogP contribution in [0.2, 0.25) is 0 Å². The first kappa shape index (κ1) is 16.5. The van der Waals surface area contributed by atoms with Crippen molar-refractivity contribution in [2.75, 3.05) is 5.32 Å². The molecule has 0 aliphatic carbocycles. The van der Waals surface area contributed by atoms with Gasteiger partial charge in [-0.1, -0.05) is 0 Å². The van der Waals surface area contributed by atoms with Crippen molar-refractivity contribution in [2.45, 2.75) is 26.4 Å². The number of hydrogen-bond donors (Lipinski definition) is 1. The van der Waals surface area contributed by atoms with Crippen LogP contribution in [0.4, 0.5) is 11.6 Å². The molecular formula is C18H18N6OS. The maximum Gasteiger partial charge on any atom is 0.229 e. The van der Waals surface area contributed by atoms with E-state index in [9.17, 15) is 4.79 Å². The van der Waals surface area contributed by atoms with Gasteiger partial charge < -0.3 is 9.88 Å². The summed E-state index contributed by atoms with van der Waals surface area (Å²) in [6, 6.07) is 4.14. The highest BCUT2D eigenvalue weighted by molar-refractivity contribution is 7.07. The molecule has 0 radical (unpaired) electrons. The molecule has 132 valence electrons. The smallest absolute Gasteiger partial charge is 0.229 e. The average molecular weight is 366 g/mol. The molecule has 7 nitrogen and oxygen atoms in total. The third kappa shape index (κ3) is 3.65. The van der Waals surface area contributed by atoms with Gasteiger partial charge >= 0.3 is 0 Å². The number of Topliss-reactive ketones (excluding diaryl/α,β-unsaturated/α-hetero) is 1. The average Bonchev–Trinajstić information content (AvgIpc) is 3.36. The molecule has 0 amide bonds. The first-order chi connectivity index (χ1) is 12.7. The molecule has 4 rings (SSSR count). The summed E-state index contributed by atoms with van der Waals surface area (Å²) in [5.41, 5.74) is 2.94. The minimum Gasteiger partial charge on any atom is -0.328 e. The van der Waals surface area contributed by atoms with Crippen molar-refractivity contribution in [3.8, 4) is 0 Å². The van der Waals surface area contributed by atoms with Crippen LogP contribution in [0.5, 0.6) is 0 Å². The number of anilines is 2. The lowest BCUT2D eigenvalue weighted by atomic mass is 10.3. The molecule has 0 atom stereocenters. The Labute approximate surface area is 154 Å². The zero-order valence-electron chi connectivity index (χ0n) is 14.3. The van der Waals surface area contributed by atoms with Crippen LogP contribution in [0.25, 0.3) is 11.0 Å². The molecule has 0 unspecified atom stereocenters. The summed E-state index contributed by atoms with van der Waals surface area (Å²) in [4.78, 5) is 20.1. The normalized spacial score (nSPS) is 11.1. The van der Waals surface area contributed by atoms with Crippen LogP contribution in [-0.2, 0) is 17.9 Å². The van der Waals surface area contributed by atoms with Crippen molar-refractivity contribution in [1.29, 1.82) is 0 Å². The Bertz CT molecular complexity index is 1030. The van der Waals surface area contributed by atoms with Crippen molar-refractivity contribution < 1.29 is 4.79 Å². The highest BCUT2D eigenvalue weighted by Gasteiger charge is 2.08. The topological polar surface area (TPSA) is 77.6 Å². The van der Waals surface area contributed by atoms with Crippen LogP contribution in [0.1, 0.15) is 18.9 Å². The van der Waals surface area contributed by atoms with E-state index in [2.05, 4.69) is 41.8 Å². The molecule has 8 heteroatoms. The van der Waals surface area contributed by atoms with E-state index in [-0.39, 0.29) is 5.78 Å². The number of carbonyl (C=O) groups excluding carboxylic acids is 1. The second kappa shape index (κ2) is 7.09. The predicted octanol–water partition coefficient (Wildman–Crippen LogP) is 3.46. The number of aryl methyl sites for hydroxylation is 1. The Morgan fingerprint density at radius 2 is 2.23 bits per heavy atom. The molecule has 4 aromatic rings. The second-order valence-corrected chi connectivity index (χ2v) is 6.90. The Hall–Kier alpha value is -3.00. The number of aromatic nitrogens is 5. The van der Waals surface area contributed by atoms with Gasteiger partial charge in [-0.05, 0) is 35.4 Å². The first-order valence-corrected chi connectivity index (χ1v) is 9.23. The molecule has 4 heterocycles. The van der Waals surface area contributed by atoms with Crippen LogP contribution < -0.4 is 5.32 Å². The number of nitrogens with zero attached hydrogens (tertiary/aromatic N) is 5. The lowest BCUT2D eigenvalue weighted by Crippen LogP contribution is -2.03. The molecule has 0 aliphatic rings. The molecule has 0 saturated carbocycles. The molecule has 0 fully saturated rings. The zero-order valence-corrected chi connectivity index (χ0v) is 15.1. The van der Waals surface area contributed by atoms with Crippen molar-refractivity contribution in [1.82, 2.24) is 24.3 Å². The number of thiophene rings is 1. The second-order valence-electron chi connectivity index (χ2n) is 6.12. The number of carbonyl (C=O) groups is 1. The van der Waals surface area contributed by atoms with Crippen molar-refractivity contribution >= 4 is 39.8 Å². The van der Waals surface area contributed by atoms with Crippen molar-refractivity contribution in [3.05, 3.63) is 53.2 Å². The van der Waals surface area contributed by atoms with Crippen molar-refractivity contribution in [2.24, 2.45) is 0 Å². The number of fused-ring (bicyclic) bond motifs is 1. The molecule has 0 spiro atoms. The number of ketones is 1. The Morgan fingerprint density at radius 1 is 1.31 bits per heavy atom. The van der Waals surface area contributed by atoms with Gasteiger partial charge in [0.05, 0.1) is 11.9 Å². The summed E-state index contributed by atoms with van der Waals surface area (Å²) in [7, 11) is 0. The van der Waals surface area contributed by atoms with Gasteiger partial charge in [0.2, 0.25) is 5.95 Å². The molecular weight excluding hydrogens is 348 g/mol. The third-order valence-electron chi connectivity index (χ3n) is 4.02. The van der Waals surface area contributed by atoms with Crippen molar-refractivity contribution in [3.63, 3.8) is 0 Å². The fourth-order valence-corrected chi connectivity index (χ4v) is 3.35. The number of nitrogens with one attached hydrogen (secondary N) is 1. The van der Waals surface area contributed by atoms with Gasteiger partial charge in [-0.15, -0.1) is 0 Å². The largest absolute Gasteiger partial charge is 0.328 e. The maximum atomic E-state index is 11.1. The van der Waals surface area contributed by atoms with Gasteiger partial charge in [-0.3, -0.25) is 9.48 Å². The van der Waals surface area contributed by atoms with E-state index < -0.39 is 0 Å². The molecule has 26 heavy (non-hydrogen) atoms. The lowest BCUT2D eigenvalue weighted by Gasteiger charge is -2.05. The summed E-state index contributed by atoms with van der Waals surface area (Å²) in [6.45, 7) is 2.93. The molecule has 4 aromatic heterocycles. The van der Waals surface area contributed by atoms with Gasteiger partial charge in [-0.25, -0.2) is 4.98 Å². The Kier molecular flexibility index (Phi) is 4.49. The number of hydrogen-bond acceptors (Lipinski definition) is 6. The van der Waals surface area contributed by atoms with Gasteiger partial charge in [0.25, 0.3) is 0 Å². The van der Waals surface area contributed by atoms with Gasteiger partial charge in [0.15, 0.2) is 0 Å². The number of rotatable bonds is 7. The maximum absolute atomic E-state index is 11.1. The fourth-order valence-electron chi connectivity index (χ4n) is 2.69. The van der Waals surface area contributed by atoms with Crippen LogP contribution in [-0.4, -0.2) is 30.1 Å². The van der Waals surface area contributed by atoms with Gasteiger partial charge in [-0.2, -0.15) is 21.4 Å². The van der Waals surface area contributed by atoms with Crippen LogP contribution in [0.15, 0.2) is 47.7 Å². The van der Waals surface area contributed by atoms with E-state index in [0.29, 0.717) is 18.9 Å². The summed E-state index contributed by atoms with van der Waals surface area (Å²) in [6.07, 6.45) is 7.87. The summed E-state index contributed by atoms with van der Waals surface area (Å²) in [5.74, 6) is 0.670. The van der Waals surface area contributed by atoms with E-state index >= 15 is 0 Å². The van der Waals surface area contributed by atoms with E-state index in [0.717, 1.165) is 23.3 Å². The third-order valence-corrected chi connectivity index (χ3v) is 4.75. The van der Waals surface area contributed by atoms with Gasteiger partial charge in [0, 0.05) is 43.5 Å². The minimum atomic E-state index is 0.148. The van der Waals surface area contributed by atoms with E-state index in [1.54, 1.807) is 29.1 Å². The molecule has 1 N–H and O–H groups in total. The highest BCUT2D eigenvalue weighted by Crippen LogP contribution is 2.19. The molecule has 0 saturated heterocycles. The highest BCUT2D eigenvalue weighted by atomic mass is 32.1. The van der Waals surface area contributed by atoms with Gasteiger partial charge in [0.1, 0.15) is 11.4 Å². The zero-order chi connectivity index (χ0) is 17.9. The van der Waals surface area contributed by atoms with E-state index in [1.807, 2.05) is 24.7 Å². The summed E-state index contributed by atoms with van der Waals surface area (Å²) in [5, 5.41) is 12.6. The Balaban J connectivity index is 1.52. The molecule has 0 bridgehead atoms. The SMILES string of the molecule is CC(=O)CCn1cc(Nc2ncc3ccn(Cc4ccsc4)c3n2)cn1. The fraction of sp³-hybridized carbons (Fsp3) is 0.222. The minimum absolute atomic E-state index is 0.148. The quantitative estimate of drug-likeness (QED) is 0.542.